The van der Waals surface area contributed by atoms with E-state index in [1.807, 2.05) is 0 Å². The molecule has 6 heteroatoms. The molecule has 0 aliphatic rings. The van der Waals surface area contributed by atoms with Crippen LogP contribution in [0, 0.1) is 11.7 Å². The summed E-state index contributed by atoms with van der Waals surface area (Å²) in [6.07, 6.45) is 4.18. The van der Waals surface area contributed by atoms with Gasteiger partial charge in [0.15, 0.2) is 0 Å². The normalized spacial score (nSPS) is 11.8. The number of amides is 2. The molecule has 4 nitrogen and oxygen atoms in total. The van der Waals surface area contributed by atoms with E-state index in [-0.39, 0.29) is 5.69 Å². The zero-order chi connectivity index (χ0) is 16.5. The molecule has 0 heterocycles. The Morgan fingerprint density at radius 2 is 2.00 bits per heavy atom. The lowest BCUT2D eigenvalue weighted by Crippen LogP contribution is -2.38. The first kappa shape index (κ1) is 18.6. The molecule has 0 aliphatic carbocycles. The van der Waals surface area contributed by atoms with Gasteiger partial charge in [0.05, 0.1) is 5.69 Å². The Kier molecular flexibility index (Phi) is 8.09. The van der Waals surface area contributed by atoms with Gasteiger partial charge in [0.2, 0.25) is 0 Å². The van der Waals surface area contributed by atoms with E-state index in [2.05, 4.69) is 40.4 Å². The van der Waals surface area contributed by atoms with Crippen molar-refractivity contribution < 1.29 is 14.0 Å². The van der Waals surface area contributed by atoms with Gasteiger partial charge in [-0.15, -0.1) is 0 Å². The van der Waals surface area contributed by atoms with Crippen molar-refractivity contribution in [1.82, 2.24) is 5.32 Å². The van der Waals surface area contributed by atoms with Gasteiger partial charge in [-0.05, 0) is 30.5 Å². The molecule has 1 rings (SSSR count). The summed E-state index contributed by atoms with van der Waals surface area (Å²) in [4.78, 5) is 23.5. The van der Waals surface area contributed by atoms with Crippen LogP contribution >= 0.6 is 15.9 Å². The molecule has 0 aliphatic heterocycles. The fourth-order valence-corrected chi connectivity index (χ4v) is 2.36. The summed E-state index contributed by atoms with van der Waals surface area (Å²) in [6.45, 7) is 4.64. The molecule has 0 fully saturated rings. The Morgan fingerprint density at radius 1 is 1.27 bits per heavy atom. The Hall–Kier alpha value is -1.43. The fourth-order valence-electron chi connectivity index (χ4n) is 2.03. The van der Waals surface area contributed by atoms with Crippen LogP contribution in [-0.4, -0.2) is 18.4 Å². The van der Waals surface area contributed by atoms with Crippen LogP contribution in [-0.2, 0) is 9.59 Å². The van der Waals surface area contributed by atoms with Gasteiger partial charge in [0, 0.05) is 11.0 Å². The van der Waals surface area contributed by atoms with Crippen LogP contribution in [0.5, 0.6) is 0 Å². The lowest BCUT2D eigenvalue weighted by molar-refractivity contribution is -0.136. The van der Waals surface area contributed by atoms with Gasteiger partial charge in [0.1, 0.15) is 5.82 Å². The van der Waals surface area contributed by atoms with E-state index >= 15 is 0 Å². The van der Waals surface area contributed by atoms with Crippen LogP contribution in [0.25, 0.3) is 0 Å². The fraction of sp³-hybridized carbons (Fsp3) is 0.500. The third-order valence-corrected chi connectivity index (χ3v) is 3.97. The largest absolute Gasteiger partial charge is 0.348 e. The molecule has 0 unspecified atom stereocenters. The number of hydrogen-bond donors (Lipinski definition) is 2. The Bertz CT molecular complexity index is 523. The highest BCUT2D eigenvalue weighted by molar-refractivity contribution is 9.10. The highest BCUT2D eigenvalue weighted by Gasteiger charge is 2.17. The number of benzene rings is 1. The van der Waals surface area contributed by atoms with Crippen molar-refractivity contribution in [2.45, 2.75) is 39.5 Å². The van der Waals surface area contributed by atoms with Gasteiger partial charge in [-0.1, -0.05) is 49.0 Å². The summed E-state index contributed by atoms with van der Waals surface area (Å²) >= 11 is 3.13. The highest BCUT2D eigenvalue weighted by atomic mass is 79.9. The predicted molar refractivity (Wildman–Crippen MR) is 89.0 cm³/mol. The average molecular weight is 373 g/mol. The smallest absolute Gasteiger partial charge is 0.313 e. The summed E-state index contributed by atoms with van der Waals surface area (Å²) in [5.41, 5.74) is -0.0126. The highest BCUT2D eigenvalue weighted by Crippen LogP contribution is 2.19. The van der Waals surface area contributed by atoms with Gasteiger partial charge in [0.25, 0.3) is 0 Å². The molecular formula is C16H22BrFN2O2. The van der Waals surface area contributed by atoms with E-state index in [0.717, 1.165) is 25.7 Å². The molecule has 0 saturated carbocycles. The van der Waals surface area contributed by atoms with Crippen molar-refractivity contribution in [2.24, 2.45) is 5.92 Å². The molecule has 22 heavy (non-hydrogen) atoms. The van der Waals surface area contributed by atoms with Crippen molar-refractivity contribution >= 4 is 33.4 Å². The van der Waals surface area contributed by atoms with Gasteiger partial charge >= 0.3 is 11.8 Å². The maximum atomic E-state index is 13.6. The molecule has 2 amide bonds. The number of halogens is 2. The van der Waals surface area contributed by atoms with E-state index < -0.39 is 17.6 Å². The molecule has 1 aromatic rings. The average Bonchev–Trinajstić information content (AvgIpc) is 2.49. The van der Waals surface area contributed by atoms with E-state index in [1.165, 1.54) is 12.1 Å². The van der Waals surface area contributed by atoms with Crippen molar-refractivity contribution in [2.75, 3.05) is 11.9 Å². The molecule has 1 aromatic carbocycles. The summed E-state index contributed by atoms with van der Waals surface area (Å²) in [6, 6.07) is 4.22. The summed E-state index contributed by atoms with van der Waals surface area (Å²) in [7, 11) is 0. The molecule has 0 aromatic heterocycles. The van der Waals surface area contributed by atoms with Gasteiger partial charge in [-0.25, -0.2) is 4.39 Å². The molecule has 0 saturated heterocycles. The van der Waals surface area contributed by atoms with E-state index in [9.17, 15) is 14.0 Å². The van der Waals surface area contributed by atoms with Crippen LogP contribution < -0.4 is 10.6 Å². The summed E-state index contributed by atoms with van der Waals surface area (Å²) in [5.74, 6) is -1.82. The minimum Gasteiger partial charge on any atom is -0.348 e. The zero-order valence-electron chi connectivity index (χ0n) is 12.9. The molecule has 122 valence electrons. The van der Waals surface area contributed by atoms with Crippen LogP contribution in [0.4, 0.5) is 10.1 Å². The Balaban J connectivity index is 2.49. The number of hydrogen-bond acceptors (Lipinski definition) is 2. The standard InChI is InChI=1S/C16H22BrFN2O2/c1-3-5-6-11(4-2)10-19-15(21)16(22)20-14-8-7-12(17)9-13(14)18/h7-9,11H,3-6,10H2,1-2H3,(H,19,21)(H,20,22)/t11-/m1/s1. The van der Waals surface area contributed by atoms with Crippen molar-refractivity contribution in [3.63, 3.8) is 0 Å². The van der Waals surface area contributed by atoms with Crippen LogP contribution in [0.3, 0.4) is 0 Å². The third-order valence-electron chi connectivity index (χ3n) is 3.48. The topological polar surface area (TPSA) is 58.2 Å². The number of unbranched alkanes of at least 4 members (excludes halogenated alkanes) is 1. The molecule has 0 bridgehead atoms. The van der Waals surface area contributed by atoms with E-state index in [4.69, 9.17) is 0 Å². The quantitative estimate of drug-likeness (QED) is 0.713. The molecule has 2 N–H and O–H groups in total. The lowest BCUT2D eigenvalue weighted by Gasteiger charge is -2.15. The lowest BCUT2D eigenvalue weighted by atomic mass is 9.99. The SMILES string of the molecule is CCCC[C@@H](CC)CNC(=O)C(=O)Nc1ccc(Br)cc1F. The second-order valence-electron chi connectivity index (χ2n) is 5.20. The number of carbonyl (C=O) groups is 2. The minimum absolute atomic E-state index is 0.0126. The molecule has 0 radical (unpaired) electrons. The molecule has 0 spiro atoms. The predicted octanol–water partition coefficient (Wildman–Crippen LogP) is 3.86. The maximum absolute atomic E-state index is 13.6. The summed E-state index contributed by atoms with van der Waals surface area (Å²) < 4.78 is 14.2. The number of anilines is 1. The second-order valence-corrected chi connectivity index (χ2v) is 6.12. The summed E-state index contributed by atoms with van der Waals surface area (Å²) in [5, 5.41) is 4.89. The van der Waals surface area contributed by atoms with Crippen molar-refractivity contribution in [1.29, 1.82) is 0 Å². The van der Waals surface area contributed by atoms with Crippen molar-refractivity contribution in [3.8, 4) is 0 Å². The number of nitrogens with one attached hydrogen (secondary N) is 2. The van der Waals surface area contributed by atoms with Gasteiger partial charge < -0.3 is 10.6 Å². The van der Waals surface area contributed by atoms with Gasteiger partial charge in [-0.3, -0.25) is 9.59 Å². The Labute approximate surface area is 139 Å². The number of rotatable bonds is 7. The number of carbonyl (C=O) groups excluding carboxylic acids is 2. The van der Waals surface area contributed by atoms with Crippen LogP contribution in [0.2, 0.25) is 0 Å². The van der Waals surface area contributed by atoms with E-state index in [1.54, 1.807) is 6.07 Å². The molecule has 1 atom stereocenters. The van der Waals surface area contributed by atoms with Crippen molar-refractivity contribution in [3.05, 3.63) is 28.5 Å². The zero-order valence-corrected chi connectivity index (χ0v) is 14.5. The van der Waals surface area contributed by atoms with E-state index in [0.29, 0.717) is 16.9 Å². The minimum atomic E-state index is -0.855. The van der Waals surface area contributed by atoms with Crippen LogP contribution in [0.1, 0.15) is 39.5 Å². The first-order valence-electron chi connectivity index (χ1n) is 7.52. The van der Waals surface area contributed by atoms with Crippen LogP contribution in [0.15, 0.2) is 22.7 Å². The monoisotopic (exact) mass is 372 g/mol. The maximum Gasteiger partial charge on any atom is 0.313 e. The molecular weight excluding hydrogens is 351 g/mol. The first-order valence-corrected chi connectivity index (χ1v) is 8.31. The first-order chi connectivity index (χ1) is 10.5. The third kappa shape index (κ3) is 6.13. The second kappa shape index (κ2) is 9.56. The van der Waals surface area contributed by atoms with Gasteiger partial charge in [-0.2, -0.15) is 0 Å². The Morgan fingerprint density at radius 3 is 2.59 bits per heavy atom.